The molecule has 2 aromatic heterocycles. The molecule has 1 aliphatic carbocycles. The highest BCUT2D eigenvalue weighted by Gasteiger charge is 2.24. The van der Waals surface area contributed by atoms with E-state index in [4.69, 9.17) is 17.3 Å². The van der Waals surface area contributed by atoms with E-state index in [2.05, 4.69) is 25.6 Å². The highest BCUT2D eigenvalue weighted by atomic mass is 35.5. The number of carbonyl (C=O) groups is 1. The van der Waals surface area contributed by atoms with E-state index >= 15 is 0 Å². The van der Waals surface area contributed by atoms with Crippen LogP contribution in [0.1, 0.15) is 25.7 Å². The van der Waals surface area contributed by atoms with Gasteiger partial charge < -0.3 is 21.4 Å². The summed E-state index contributed by atoms with van der Waals surface area (Å²) in [5, 5.41) is 7.76. The van der Waals surface area contributed by atoms with E-state index in [9.17, 15) is 4.79 Å². The molecule has 5 rings (SSSR count). The first-order valence-corrected chi connectivity index (χ1v) is 11.5. The molecule has 34 heavy (non-hydrogen) atoms. The van der Waals surface area contributed by atoms with Crippen LogP contribution in [0.4, 0.5) is 17.3 Å². The topological polar surface area (TPSA) is 109 Å². The number of amides is 1. The number of anilines is 3. The zero-order chi connectivity index (χ0) is 22.8. The van der Waals surface area contributed by atoms with Crippen molar-refractivity contribution >= 4 is 58.1 Å². The van der Waals surface area contributed by atoms with Gasteiger partial charge in [0.15, 0.2) is 0 Å². The Morgan fingerprint density at radius 1 is 1.06 bits per heavy atom. The zero-order valence-electron chi connectivity index (χ0n) is 18.4. The Labute approximate surface area is 208 Å². The van der Waals surface area contributed by atoms with Gasteiger partial charge in [0, 0.05) is 46.0 Å². The van der Waals surface area contributed by atoms with Gasteiger partial charge in [-0.25, -0.2) is 9.97 Å². The Morgan fingerprint density at radius 3 is 2.65 bits per heavy atom. The molecule has 0 saturated heterocycles. The fourth-order valence-electron chi connectivity index (χ4n) is 4.31. The fraction of sp³-hybridized carbons (Fsp3) is 0.240. The van der Waals surface area contributed by atoms with Gasteiger partial charge in [-0.2, -0.15) is 0 Å². The van der Waals surface area contributed by atoms with Crippen molar-refractivity contribution in [2.24, 2.45) is 11.7 Å². The Balaban J connectivity index is 0.00000274. The number of carbonyl (C=O) groups excluding carboxylic acids is 1. The highest BCUT2D eigenvalue weighted by molar-refractivity contribution is 6.33. The molecule has 7 nitrogen and oxygen atoms in total. The molecule has 5 N–H and O–H groups in total. The van der Waals surface area contributed by atoms with Crippen LogP contribution in [0.25, 0.3) is 22.2 Å². The summed E-state index contributed by atoms with van der Waals surface area (Å²) >= 11 is 6.43. The van der Waals surface area contributed by atoms with Gasteiger partial charge in [0.25, 0.3) is 0 Å². The van der Waals surface area contributed by atoms with Crippen molar-refractivity contribution in [1.29, 1.82) is 0 Å². The largest absolute Gasteiger partial charge is 0.360 e. The third-order valence-electron chi connectivity index (χ3n) is 6.12. The molecule has 0 aliphatic heterocycles. The van der Waals surface area contributed by atoms with Crippen molar-refractivity contribution in [2.45, 2.75) is 31.7 Å². The van der Waals surface area contributed by atoms with E-state index < -0.39 is 0 Å². The number of hydrogen-bond acceptors (Lipinski definition) is 5. The molecule has 0 unspecified atom stereocenters. The van der Waals surface area contributed by atoms with Crippen LogP contribution in [0.15, 0.2) is 60.9 Å². The number of benzene rings is 2. The lowest BCUT2D eigenvalue weighted by atomic mass is 9.86. The van der Waals surface area contributed by atoms with Gasteiger partial charge in [-0.05, 0) is 49.9 Å². The van der Waals surface area contributed by atoms with E-state index in [0.717, 1.165) is 53.5 Å². The molecule has 0 spiro atoms. The standard InChI is InChI=1S/C25H25ClN6O.ClH/c26-21-14-29-25(32-23(21)20-13-28-22-7-2-1-6-19(20)22)31-18-5-3-4-17(12-18)30-24(33)15-8-10-16(27)11-9-15;/h1-7,12-16,28H,8-11,27H2,(H,30,33)(H,29,31,32);1H. The molecule has 2 heterocycles. The van der Waals surface area contributed by atoms with Crippen molar-refractivity contribution in [3.8, 4) is 11.3 Å². The Kier molecular flexibility index (Phi) is 7.36. The lowest BCUT2D eigenvalue weighted by Crippen LogP contribution is -2.32. The highest BCUT2D eigenvalue weighted by Crippen LogP contribution is 2.33. The molecular weight excluding hydrogens is 471 g/mol. The molecule has 1 aliphatic rings. The average Bonchev–Trinajstić information content (AvgIpc) is 3.25. The van der Waals surface area contributed by atoms with E-state index in [1.54, 1.807) is 6.20 Å². The van der Waals surface area contributed by atoms with Crippen molar-refractivity contribution in [3.63, 3.8) is 0 Å². The van der Waals surface area contributed by atoms with Crippen LogP contribution in [0.5, 0.6) is 0 Å². The smallest absolute Gasteiger partial charge is 0.227 e. The molecule has 9 heteroatoms. The molecule has 2 aromatic carbocycles. The summed E-state index contributed by atoms with van der Waals surface area (Å²) in [7, 11) is 0. The molecule has 0 atom stereocenters. The number of aromatic amines is 1. The average molecular weight is 497 g/mol. The molecule has 0 bridgehead atoms. The molecular formula is C25H26Cl2N6O. The predicted octanol–water partition coefficient (Wildman–Crippen LogP) is 5.90. The first-order valence-electron chi connectivity index (χ1n) is 11.1. The SMILES string of the molecule is Cl.NC1CCC(C(=O)Nc2cccc(Nc3ncc(Cl)c(-c4c[nH]c5ccccc45)n3)c2)CC1. The molecule has 1 fully saturated rings. The number of para-hydroxylation sites is 1. The minimum absolute atomic E-state index is 0. The van der Waals surface area contributed by atoms with Crippen molar-refractivity contribution in [1.82, 2.24) is 15.0 Å². The summed E-state index contributed by atoms with van der Waals surface area (Å²) in [6.07, 6.45) is 6.95. The number of nitrogens with one attached hydrogen (secondary N) is 3. The first kappa shape index (κ1) is 24.0. The van der Waals surface area contributed by atoms with E-state index in [-0.39, 0.29) is 30.3 Å². The number of nitrogens with two attached hydrogens (primary N) is 1. The summed E-state index contributed by atoms with van der Waals surface area (Å²) in [6, 6.07) is 15.7. The van der Waals surface area contributed by atoms with E-state index in [0.29, 0.717) is 16.7 Å². The Morgan fingerprint density at radius 2 is 1.82 bits per heavy atom. The third-order valence-corrected chi connectivity index (χ3v) is 6.39. The van der Waals surface area contributed by atoms with Gasteiger partial charge in [-0.15, -0.1) is 12.4 Å². The van der Waals surface area contributed by atoms with Crippen molar-refractivity contribution < 1.29 is 4.79 Å². The molecule has 0 radical (unpaired) electrons. The minimum atomic E-state index is 0. The number of aromatic nitrogens is 3. The minimum Gasteiger partial charge on any atom is -0.360 e. The number of nitrogens with zero attached hydrogens (tertiary/aromatic N) is 2. The van der Waals surface area contributed by atoms with Crippen LogP contribution < -0.4 is 16.4 Å². The zero-order valence-corrected chi connectivity index (χ0v) is 20.0. The van der Waals surface area contributed by atoms with Gasteiger partial charge in [0.1, 0.15) is 0 Å². The lowest BCUT2D eigenvalue weighted by molar-refractivity contribution is -0.120. The van der Waals surface area contributed by atoms with E-state index in [1.807, 2.05) is 54.7 Å². The number of H-pyrrole nitrogens is 1. The summed E-state index contributed by atoms with van der Waals surface area (Å²) in [4.78, 5) is 24.9. The van der Waals surface area contributed by atoms with Crippen LogP contribution in [0.3, 0.4) is 0 Å². The van der Waals surface area contributed by atoms with Crippen molar-refractivity contribution in [3.05, 3.63) is 65.9 Å². The second kappa shape index (κ2) is 10.4. The van der Waals surface area contributed by atoms with Crippen LogP contribution in [0, 0.1) is 5.92 Å². The quantitative estimate of drug-likeness (QED) is 0.275. The molecule has 176 valence electrons. The first-order chi connectivity index (χ1) is 16.1. The molecule has 1 amide bonds. The van der Waals surface area contributed by atoms with Gasteiger partial charge >= 0.3 is 0 Å². The van der Waals surface area contributed by atoms with Crippen LogP contribution in [-0.2, 0) is 4.79 Å². The van der Waals surface area contributed by atoms with Gasteiger partial charge in [0.2, 0.25) is 11.9 Å². The summed E-state index contributed by atoms with van der Waals surface area (Å²) < 4.78 is 0. The normalized spacial score (nSPS) is 17.7. The van der Waals surface area contributed by atoms with E-state index in [1.165, 1.54) is 0 Å². The number of halogens is 2. The lowest BCUT2D eigenvalue weighted by Gasteiger charge is -2.25. The van der Waals surface area contributed by atoms with Crippen molar-refractivity contribution in [2.75, 3.05) is 10.6 Å². The van der Waals surface area contributed by atoms with Gasteiger partial charge in [0.05, 0.1) is 16.9 Å². The maximum absolute atomic E-state index is 12.6. The maximum Gasteiger partial charge on any atom is 0.227 e. The van der Waals surface area contributed by atoms with Gasteiger partial charge in [-0.3, -0.25) is 4.79 Å². The number of hydrogen-bond donors (Lipinski definition) is 4. The second-order valence-electron chi connectivity index (χ2n) is 8.44. The second-order valence-corrected chi connectivity index (χ2v) is 8.85. The fourth-order valence-corrected chi connectivity index (χ4v) is 4.51. The number of fused-ring (bicyclic) bond motifs is 1. The van der Waals surface area contributed by atoms with Gasteiger partial charge in [-0.1, -0.05) is 35.9 Å². The van der Waals surface area contributed by atoms with Crippen LogP contribution >= 0.6 is 24.0 Å². The van der Waals surface area contributed by atoms with Crippen LogP contribution in [0.2, 0.25) is 5.02 Å². The summed E-state index contributed by atoms with van der Waals surface area (Å²) in [6.45, 7) is 0. The summed E-state index contributed by atoms with van der Waals surface area (Å²) in [5.74, 6) is 0.479. The Hall–Kier alpha value is -3.13. The maximum atomic E-state index is 12.6. The monoisotopic (exact) mass is 496 g/mol. The molecule has 4 aromatic rings. The summed E-state index contributed by atoms with van der Waals surface area (Å²) in [5.41, 5.74) is 10.0. The number of rotatable bonds is 5. The predicted molar refractivity (Wildman–Crippen MR) is 140 cm³/mol. The molecule has 1 saturated carbocycles. The Bertz CT molecular complexity index is 1300. The third kappa shape index (κ3) is 5.17. The van der Waals surface area contributed by atoms with Crippen LogP contribution in [-0.4, -0.2) is 26.9 Å².